The van der Waals surface area contributed by atoms with Gasteiger partial charge < -0.3 is 10.5 Å². The maximum atomic E-state index is 12.3. The highest BCUT2D eigenvalue weighted by molar-refractivity contribution is 6.01. The van der Waals surface area contributed by atoms with Crippen LogP contribution >= 0.6 is 0 Å². The summed E-state index contributed by atoms with van der Waals surface area (Å²) in [6.07, 6.45) is 0.958. The average Bonchev–Trinajstić information content (AvgIpc) is 2.40. The Kier molecular flexibility index (Phi) is 3.33. The van der Waals surface area contributed by atoms with E-state index in [1.165, 1.54) is 4.57 Å². The van der Waals surface area contributed by atoms with Crippen LogP contribution in [0.2, 0.25) is 0 Å². The number of anilines is 1. The number of fused-ring (bicyclic) bond motifs is 1. The molecule has 0 bridgehead atoms. The Hall–Kier alpha value is -2.63. The van der Waals surface area contributed by atoms with Gasteiger partial charge in [0.25, 0.3) is 0 Å². The molecule has 0 aliphatic heterocycles. The van der Waals surface area contributed by atoms with Crippen LogP contribution in [0.1, 0.15) is 17.3 Å². The lowest BCUT2D eigenvalue weighted by Gasteiger charge is -2.12. The number of nitrogen functional groups attached to an aromatic ring is 1. The number of aromatic nitrogens is 1. The van der Waals surface area contributed by atoms with Gasteiger partial charge in [-0.15, -0.1) is 0 Å². The molecule has 0 aliphatic carbocycles. The Bertz CT molecular complexity index is 719. The summed E-state index contributed by atoms with van der Waals surface area (Å²) < 4.78 is 6.11. The van der Waals surface area contributed by atoms with E-state index in [-0.39, 0.29) is 18.0 Å². The third kappa shape index (κ3) is 1.97. The molecule has 0 radical (unpaired) electrons. The monoisotopic (exact) mass is 259 g/mol. The van der Waals surface area contributed by atoms with E-state index in [4.69, 9.17) is 15.9 Å². The first kappa shape index (κ1) is 12.8. The number of pyridine rings is 1. The average molecular weight is 259 g/mol. The molecular formula is C13H13N3O3. The number of carbonyl (C=O) groups excluding carboxylic acids is 1. The van der Waals surface area contributed by atoms with E-state index in [0.717, 1.165) is 6.34 Å². The van der Waals surface area contributed by atoms with Crippen molar-refractivity contribution in [2.24, 2.45) is 0 Å². The number of esters is 1. The summed E-state index contributed by atoms with van der Waals surface area (Å²) in [4.78, 5) is 24.1. The summed E-state index contributed by atoms with van der Waals surface area (Å²) in [6, 6.07) is 6.65. The molecule has 0 amide bonds. The predicted octanol–water partition coefficient (Wildman–Crippen LogP) is 1.22. The van der Waals surface area contributed by atoms with E-state index in [1.54, 1.807) is 31.2 Å². The molecule has 1 aromatic heterocycles. The minimum absolute atomic E-state index is 0.0860. The molecule has 0 saturated heterocycles. The van der Waals surface area contributed by atoms with Crippen LogP contribution in [0.3, 0.4) is 0 Å². The van der Waals surface area contributed by atoms with Crippen LogP contribution in [0, 0.1) is 5.41 Å². The zero-order valence-electron chi connectivity index (χ0n) is 10.3. The van der Waals surface area contributed by atoms with Crippen LogP contribution in [0.5, 0.6) is 0 Å². The number of benzene rings is 1. The molecule has 0 saturated carbocycles. The van der Waals surface area contributed by atoms with Crippen molar-refractivity contribution in [3.05, 3.63) is 40.1 Å². The second-order valence-electron chi connectivity index (χ2n) is 3.83. The SMILES string of the molecule is CCOC(=O)c1c(N)n(C=N)c2ccccc2c1=O. The lowest BCUT2D eigenvalue weighted by Crippen LogP contribution is -2.24. The third-order valence-corrected chi connectivity index (χ3v) is 2.76. The number of nitrogens with two attached hydrogens (primary N) is 1. The normalized spacial score (nSPS) is 10.4. The molecule has 0 unspecified atom stereocenters. The Morgan fingerprint density at radius 1 is 1.47 bits per heavy atom. The van der Waals surface area contributed by atoms with Crippen molar-refractivity contribution in [2.75, 3.05) is 12.3 Å². The lowest BCUT2D eigenvalue weighted by molar-refractivity contribution is 0.0526. The van der Waals surface area contributed by atoms with Gasteiger partial charge in [-0.1, -0.05) is 12.1 Å². The standard InChI is InChI=1S/C13H13N3O3/c1-2-19-13(18)10-11(17)8-5-3-4-6-9(8)16(7-14)12(10)15/h3-7,14H,2,15H2,1H3. The Morgan fingerprint density at radius 2 is 2.16 bits per heavy atom. The van der Waals surface area contributed by atoms with Crippen LogP contribution in [0.15, 0.2) is 29.1 Å². The molecule has 6 heteroatoms. The topological polar surface area (TPSA) is 98.2 Å². The smallest absolute Gasteiger partial charge is 0.345 e. The zero-order valence-corrected chi connectivity index (χ0v) is 10.3. The Labute approximate surface area is 108 Å². The minimum atomic E-state index is -0.772. The summed E-state index contributed by atoms with van der Waals surface area (Å²) in [6.45, 7) is 1.79. The molecule has 98 valence electrons. The summed E-state index contributed by atoms with van der Waals surface area (Å²) in [5.41, 5.74) is 5.57. The highest BCUT2D eigenvalue weighted by Gasteiger charge is 2.20. The van der Waals surface area contributed by atoms with E-state index in [2.05, 4.69) is 0 Å². The van der Waals surface area contributed by atoms with Gasteiger partial charge in [0.2, 0.25) is 5.43 Å². The molecule has 3 N–H and O–H groups in total. The molecule has 2 aromatic rings. The quantitative estimate of drug-likeness (QED) is 0.492. The van der Waals surface area contributed by atoms with Crippen LogP contribution in [0.4, 0.5) is 5.82 Å². The fraction of sp³-hybridized carbons (Fsp3) is 0.154. The number of para-hydroxylation sites is 1. The van der Waals surface area contributed by atoms with Crippen LogP contribution in [0.25, 0.3) is 10.9 Å². The van der Waals surface area contributed by atoms with E-state index < -0.39 is 11.4 Å². The zero-order chi connectivity index (χ0) is 14.0. The van der Waals surface area contributed by atoms with Crippen molar-refractivity contribution >= 4 is 29.0 Å². The molecule has 6 nitrogen and oxygen atoms in total. The molecule has 0 fully saturated rings. The largest absolute Gasteiger partial charge is 0.462 e. The van der Waals surface area contributed by atoms with E-state index in [1.807, 2.05) is 0 Å². The van der Waals surface area contributed by atoms with E-state index >= 15 is 0 Å². The third-order valence-electron chi connectivity index (χ3n) is 2.76. The van der Waals surface area contributed by atoms with Crippen LogP contribution in [-0.4, -0.2) is 23.5 Å². The van der Waals surface area contributed by atoms with Gasteiger partial charge in [-0.2, -0.15) is 0 Å². The minimum Gasteiger partial charge on any atom is -0.462 e. The number of rotatable bonds is 3. The predicted molar refractivity (Wildman–Crippen MR) is 72.8 cm³/mol. The fourth-order valence-corrected chi connectivity index (χ4v) is 1.92. The molecule has 0 spiro atoms. The molecule has 2 rings (SSSR count). The van der Waals surface area contributed by atoms with E-state index in [0.29, 0.717) is 10.9 Å². The van der Waals surface area contributed by atoms with E-state index in [9.17, 15) is 9.59 Å². The first-order valence-electron chi connectivity index (χ1n) is 5.72. The molecule has 0 atom stereocenters. The molecular weight excluding hydrogens is 246 g/mol. The van der Waals surface area contributed by atoms with Gasteiger partial charge in [-0.05, 0) is 19.1 Å². The van der Waals surface area contributed by atoms with Crippen molar-refractivity contribution in [2.45, 2.75) is 6.92 Å². The molecule has 19 heavy (non-hydrogen) atoms. The van der Waals surface area contributed by atoms with Crippen molar-refractivity contribution in [1.82, 2.24) is 4.57 Å². The number of nitrogens with zero attached hydrogens (tertiary/aromatic N) is 1. The highest BCUT2D eigenvalue weighted by atomic mass is 16.5. The highest BCUT2D eigenvalue weighted by Crippen LogP contribution is 2.17. The van der Waals surface area contributed by atoms with Crippen molar-refractivity contribution in [3.63, 3.8) is 0 Å². The molecule has 1 heterocycles. The van der Waals surface area contributed by atoms with Crippen molar-refractivity contribution in [3.8, 4) is 0 Å². The van der Waals surface area contributed by atoms with Gasteiger partial charge >= 0.3 is 5.97 Å². The van der Waals surface area contributed by atoms with Gasteiger partial charge in [0.05, 0.1) is 18.5 Å². The van der Waals surface area contributed by atoms with Gasteiger partial charge in [0, 0.05) is 5.39 Å². The van der Waals surface area contributed by atoms with Gasteiger partial charge in [-0.25, -0.2) is 4.79 Å². The van der Waals surface area contributed by atoms with Crippen LogP contribution in [-0.2, 0) is 4.74 Å². The Balaban J connectivity index is 2.89. The fourth-order valence-electron chi connectivity index (χ4n) is 1.92. The molecule has 0 aliphatic rings. The lowest BCUT2D eigenvalue weighted by atomic mass is 10.1. The number of ether oxygens (including phenoxy) is 1. The summed E-state index contributed by atoms with van der Waals surface area (Å²) >= 11 is 0. The number of carbonyl (C=O) groups is 1. The summed E-state index contributed by atoms with van der Waals surface area (Å²) in [5, 5.41) is 7.70. The van der Waals surface area contributed by atoms with Gasteiger partial charge in [-0.3, -0.25) is 14.8 Å². The first-order valence-corrected chi connectivity index (χ1v) is 5.72. The van der Waals surface area contributed by atoms with Gasteiger partial charge in [0.1, 0.15) is 11.4 Å². The second-order valence-corrected chi connectivity index (χ2v) is 3.83. The number of nitrogens with one attached hydrogen (secondary N) is 1. The number of hydrogen-bond acceptors (Lipinski definition) is 5. The van der Waals surface area contributed by atoms with Gasteiger partial charge in [0.15, 0.2) is 0 Å². The van der Waals surface area contributed by atoms with Crippen LogP contribution < -0.4 is 11.2 Å². The Morgan fingerprint density at radius 3 is 2.79 bits per heavy atom. The maximum Gasteiger partial charge on any atom is 0.345 e. The van der Waals surface area contributed by atoms with Crippen molar-refractivity contribution in [1.29, 1.82) is 5.41 Å². The summed E-state index contributed by atoms with van der Waals surface area (Å²) in [7, 11) is 0. The first-order chi connectivity index (χ1) is 9.11. The maximum absolute atomic E-state index is 12.3. The molecule has 1 aromatic carbocycles. The number of hydrogen-bond donors (Lipinski definition) is 2. The second kappa shape index (κ2) is 4.93. The summed E-state index contributed by atoms with van der Waals surface area (Å²) in [5.74, 6) is -0.858. The van der Waals surface area contributed by atoms with Crippen molar-refractivity contribution < 1.29 is 9.53 Å².